The molecule has 0 spiro atoms. The first-order valence-corrected chi connectivity index (χ1v) is 12.3. The molecule has 1 amide bonds. The maximum atomic E-state index is 13.0. The van der Waals surface area contributed by atoms with Crippen LogP contribution in [0.3, 0.4) is 0 Å². The fraction of sp³-hybridized carbons (Fsp3) is 0.444. The van der Waals surface area contributed by atoms with Crippen LogP contribution in [0.1, 0.15) is 48.7 Å². The molecule has 0 bridgehead atoms. The summed E-state index contributed by atoms with van der Waals surface area (Å²) in [4.78, 5) is 19.8. The summed E-state index contributed by atoms with van der Waals surface area (Å²) >= 11 is 0. The van der Waals surface area contributed by atoms with Gasteiger partial charge in [-0.15, -0.1) is 0 Å². The van der Waals surface area contributed by atoms with Crippen LogP contribution in [0.25, 0.3) is 11.4 Å². The van der Waals surface area contributed by atoms with Crippen molar-refractivity contribution in [3.8, 4) is 22.9 Å². The lowest BCUT2D eigenvalue weighted by molar-refractivity contribution is -0.127. The number of aryl methyl sites for hydroxylation is 1. The second-order valence-corrected chi connectivity index (χ2v) is 9.28. The van der Waals surface area contributed by atoms with Crippen molar-refractivity contribution in [2.75, 3.05) is 27.3 Å². The van der Waals surface area contributed by atoms with Gasteiger partial charge in [0.2, 0.25) is 17.6 Å². The number of nitrogens with one attached hydrogen (secondary N) is 1. The molecular formula is C27H32N4O4. The van der Waals surface area contributed by atoms with Crippen molar-refractivity contribution in [3.05, 3.63) is 59.5 Å². The van der Waals surface area contributed by atoms with E-state index in [0.29, 0.717) is 29.8 Å². The van der Waals surface area contributed by atoms with Crippen LogP contribution in [0.15, 0.2) is 47.0 Å². The van der Waals surface area contributed by atoms with Gasteiger partial charge in [-0.1, -0.05) is 29.4 Å². The first-order valence-electron chi connectivity index (χ1n) is 12.3. The highest BCUT2D eigenvalue weighted by molar-refractivity contribution is 5.79. The third-order valence-electron chi connectivity index (χ3n) is 7.11. The van der Waals surface area contributed by atoms with Gasteiger partial charge in [0.25, 0.3) is 0 Å². The lowest BCUT2D eigenvalue weighted by atomic mass is 9.87. The molecule has 0 saturated carbocycles. The number of nitrogens with zero attached hydrogens (tertiary/aromatic N) is 3. The Morgan fingerprint density at radius 3 is 2.69 bits per heavy atom. The molecule has 0 radical (unpaired) electrons. The number of carbonyl (C=O) groups is 1. The summed E-state index contributed by atoms with van der Waals surface area (Å²) in [5.41, 5.74) is 3.45. The van der Waals surface area contributed by atoms with Crippen LogP contribution in [0.5, 0.6) is 11.5 Å². The molecule has 1 atom stereocenters. The summed E-state index contributed by atoms with van der Waals surface area (Å²) in [6.07, 6.45) is 4.90. The number of hydrogen-bond donors (Lipinski definition) is 1. The van der Waals surface area contributed by atoms with E-state index in [-0.39, 0.29) is 17.9 Å². The van der Waals surface area contributed by atoms with Crippen molar-refractivity contribution >= 4 is 5.91 Å². The highest BCUT2D eigenvalue weighted by Gasteiger charge is 2.29. The standard InChI is InChI=1S/C27H32N4O4/c1-33-23-11-10-20(16-24(23)34-2)26-29-25(35-30-26)17-31-14-12-19(13-15-31)27(32)28-22-9-5-7-18-6-3-4-8-21(18)22/h3-4,6,8,10-11,16,19,22H,5,7,9,12-15,17H2,1-2H3,(H,28,32). The number of benzene rings is 2. The fourth-order valence-corrected chi connectivity index (χ4v) is 5.15. The molecule has 1 aliphatic heterocycles. The quantitative estimate of drug-likeness (QED) is 0.548. The zero-order valence-electron chi connectivity index (χ0n) is 20.3. The van der Waals surface area contributed by atoms with E-state index in [1.165, 1.54) is 11.1 Å². The highest BCUT2D eigenvalue weighted by atomic mass is 16.5. The van der Waals surface area contributed by atoms with E-state index < -0.39 is 0 Å². The molecule has 2 aliphatic rings. The lowest BCUT2D eigenvalue weighted by Crippen LogP contribution is -2.41. The van der Waals surface area contributed by atoms with E-state index in [4.69, 9.17) is 14.0 Å². The van der Waals surface area contributed by atoms with Gasteiger partial charge in [0.1, 0.15) is 0 Å². The number of methoxy groups -OCH3 is 2. The molecule has 3 aromatic rings. The van der Waals surface area contributed by atoms with Crippen molar-refractivity contribution in [1.82, 2.24) is 20.4 Å². The van der Waals surface area contributed by atoms with Gasteiger partial charge in [-0.2, -0.15) is 4.98 Å². The van der Waals surface area contributed by atoms with E-state index in [1.54, 1.807) is 14.2 Å². The zero-order chi connectivity index (χ0) is 24.2. The van der Waals surface area contributed by atoms with Crippen LogP contribution in [0.4, 0.5) is 0 Å². The van der Waals surface area contributed by atoms with Gasteiger partial charge < -0.3 is 19.3 Å². The van der Waals surface area contributed by atoms with Crippen LogP contribution < -0.4 is 14.8 Å². The first kappa shape index (κ1) is 23.4. The van der Waals surface area contributed by atoms with Gasteiger partial charge in [-0.05, 0) is 74.5 Å². The molecule has 35 heavy (non-hydrogen) atoms. The average Bonchev–Trinajstić information content (AvgIpc) is 3.37. The topological polar surface area (TPSA) is 89.7 Å². The number of piperidine rings is 1. The number of aromatic nitrogens is 2. The van der Waals surface area contributed by atoms with E-state index in [1.807, 2.05) is 18.2 Å². The van der Waals surface area contributed by atoms with E-state index >= 15 is 0 Å². The van der Waals surface area contributed by atoms with E-state index in [0.717, 1.165) is 50.8 Å². The lowest BCUT2D eigenvalue weighted by Gasteiger charge is -2.32. The molecule has 1 aliphatic carbocycles. The molecule has 5 rings (SSSR count). The van der Waals surface area contributed by atoms with Crippen molar-refractivity contribution in [1.29, 1.82) is 0 Å². The summed E-state index contributed by atoms with van der Waals surface area (Å²) in [6, 6.07) is 14.2. The summed E-state index contributed by atoms with van der Waals surface area (Å²) in [5, 5.41) is 7.47. The second kappa shape index (κ2) is 10.5. The minimum atomic E-state index is 0.0466. The third-order valence-corrected chi connectivity index (χ3v) is 7.11. The third kappa shape index (κ3) is 5.17. The van der Waals surface area contributed by atoms with Crippen molar-refractivity contribution < 1.29 is 18.8 Å². The predicted octanol–water partition coefficient (Wildman–Crippen LogP) is 4.16. The molecule has 1 fully saturated rings. The summed E-state index contributed by atoms with van der Waals surface area (Å²) < 4.78 is 16.2. The van der Waals surface area contributed by atoms with Crippen molar-refractivity contribution in [3.63, 3.8) is 0 Å². The Morgan fingerprint density at radius 1 is 1.09 bits per heavy atom. The molecule has 184 valence electrons. The Balaban J connectivity index is 1.14. The smallest absolute Gasteiger partial charge is 0.241 e. The Morgan fingerprint density at radius 2 is 1.89 bits per heavy atom. The van der Waals surface area contributed by atoms with Gasteiger partial charge >= 0.3 is 0 Å². The monoisotopic (exact) mass is 476 g/mol. The number of ether oxygens (including phenoxy) is 2. The second-order valence-electron chi connectivity index (χ2n) is 9.28. The Labute approximate surface area is 205 Å². The van der Waals surface area contributed by atoms with Crippen LogP contribution in [0.2, 0.25) is 0 Å². The fourth-order valence-electron chi connectivity index (χ4n) is 5.15. The molecule has 1 aromatic heterocycles. The first-order chi connectivity index (χ1) is 17.1. The SMILES string of the molecule is COc1ccc(-c2noc(CN3CCC(C(=O)NC4CCCc5ccccc54)CC3)n2)cc1OC. The molecule has 8 nitrogen and oxygen atoms in total. The molecule has 8 heteroatoms. The summed E-state index contributed by atoms with van der Waals surface area (Å²) in [5.74, 6) is 2.58. The Bertz CT molecular complexity index is 1170. The largest absolute Gasteiger partial charge is 0.493 e. The number of amides is 1. The normalized spacial score (nSPS) is 18.6. The summed E-state index contributed by atoms with van der Waals surface area (Å²) in [6.45, 7) is 2.23. The van der Waals surface area contributed by atoms with Gasteiger partial charge in [0, 0.05) is 11.5 Å². The van der Waals surface area contributed by atoms with Crippen molar-refractivity contribution in [2.24, 2.45) is 5.92 Å². The van der Waals surface area contributed by atoms with Gasteiger partial charge in [-0.3, -0.25) is 9.69 Å². The van der Waals surface area contributed by atoms with Crippen LogP contribution in [-0.2, 0) is 17.8 Å². The Hall–Kier alpha value is -3.39. The zero-order valence-corrected chi connectivity index (χ0v) is 20.3. The van der Waals surface area contributed by atoms with Crippen LogP contribution in [0, 0.1) is 5.92 Å². The van der Waals surface area contributed by atoms with Gasteiger partial charge in [-0.25, -0.2) is 0 Å². The minimum absolute atomic E-state index is 0.0466. The predicted molar refractivity (Wildman–Crippen MR) is 131 cm³/mol. The van der Waals surface area contributed by atoms with E-state index in [2.05, 4.69) is 44.6 Å². The molecule has 1 saturated heterocycles. The molecule has 2 heterocycles. The van der Waals surface area contributed by atoms with Crippen molar-refractivity contribution in [2.45, 2.75) is 44.7 Å². The van der Waals surface area contributed by atoms with Gasteiger partial charge in [0.05, 0.1) is 26.8 Å². The molecular weight excluding hydrogens is 444 g/mol. The molecule has 1 N–H and O–H groups in total. The number of fused-ring (bicyclic) bond motifs is 1. The molecule has 1 unspecified atom stereocenters. The van der Waals surface area contributed by atoms with E-state index in [9.17, 15) is 4.79 Å². The van der Waals surface area contributed by atoms with Crippen LogP contribution in [-0.4, -0.2) is 48.3 Å². The maximum absolute atomic E-state index is 13.0. The van der Waals surface area contributed by atoms with Crippen LogP contribution >= 0.6 is 0 Å². The number of likely N-dealkylation sites (tertiary alicyclic amines) is 1. The Kier molecular flexibility index (Phi) is 6.99. The summed E-state index contributed by atoms with van der Waals surface area (Å²) in [7, 11) is 3.20. The number of carbonyl (C=O) groups excluding carboxylic acids is 1. The number of hydrogen-bond acceptors (Lipinski definition) is 7. The number of rotatable bonds is 7. The van der Waals surface area contributed by atoms with Gasteiger partial charge in [0.15, 0.2) is 11.5 Å². The highest BCUT2D eigenvalue weighted by Crippen LogP contribution is 2.32. The molecule has 2 aromatic carbocycles. The minimum Gasteiger partial charge on any atom is -0.493 e. The maximum Gasteiger partial charge on any atom is 0.241 e. The average molecular weight is 477 g/mol.